The number of alkyl halides is 3. The van der Waals surface area contributed by atoms with Gasteiger partial charge >= 0.3 is 21.7 Å². The third-order valence-corrected chi connectivity index (χ3v) is 6.26. The summed E-state index contributed by atoms with van der Waals surface area (Å²) in [7, 11) is -5.90. The van der Waals surface area contributed by atoms with Gasteiger partial charge in [0.2, 0.25) is 0 Å². The van der Waals surface area contributed by atoms with E-state index in [9.17, 15) is 26.4 Å². The molecule has 1 heterocycles. The van der Waals surface area contributed by atoms with Crippen LogP contribution in [0, 0.1) is 5.41 Å². The van der Waals surface area contributed by atoms with E-state index < -0.39 is 27.1 Å². The number of carbonyl (C=O) groups excluding carboxylic acids is 1. The molecular formula is C23H24F3NO5S. The van der Waals surface area contributed by atoms with E-state index in [4.69, 9.17) is 8.92 Å². The number of nitrogens with zero attached hydrogens (tertiary/aromatic N) is 1. The van der Waals surface area contributed by atoms with E-state index in [0.717, 1.165) is 11.1 Å². The van der Waals surface area contributed by atoms with Gasteiger partial charge in [-0.25, -0.2) is 4.79 Å². The van der Waals surface area contributed by atoms with Crippen LogP contribution in [0.3, 0.4) is 0 Å². The van der Waals surface area contributed by atoms with Crippen LogP contribution in [0.2, 0.25) is 0 Å². The number of hydrogen-bond acceptors (Lipinski definition) is 5. The molecule has 0 fully saturated rings. The van der Waals surface area contributed by atoms with E-state index in [1.807, 2.05) is 0 Å². The molecule has 1 amide bonds. The minimum atomic E-state index is -5.90. The maximum Gasteiger partial charge on any atom is 0.534 e. The lowest BCUT2D eigenvalue weighted by molar-refractivity contribution is -0.0540. The van der Waals surface area contributed by atoms with E-state index >= 15 is 0 Å². The first-order valence-electron chi connectivity index (χ1n) is 10.3. The van der Waals surface area contributed by atoms with Crippen molar-refractivity contribution in [1.82, 2.24) is 4.90 Å². The Balaban J connectivity index is 2.11. The van der Waals surface area contributed by atoms with Crippen molar-refractivity contribution < 1.29 is 35.3 Å². The highest BCUT2D eigenvalue weighted by atomic mass is 32.2. The van der Waals surface area contributed by atoms with Gasteiger partial charge < -0.3 is 13.8 Å². The standard InChI is InChI=1S/C23H24F3NO5S/c1-2-31-21(28)27-14-13-20(32-33(29,30)23(24,25)26)22(17-27,15-18-9-5-3-6-10-18)16-19-11-7-4-8-12-19/h3-13H,2,14-17H2,1H3. The minimum absolute atomic E-state index is 0.0885. The van der Waals surface area contributed by atoms with Crippen LogP contribution in [-0.4, -0.2) is 44.6 Å². The molecule has 2 aromatic carbocycles. The van der Waals surface area contributed by atoms with Crippen LogP contribution in [0.4, 0.5) is 18.0 Å². The number of carbonyl (C=O) groups is 1. The first-order chi connectivity index (χ1) is 15.6. The van der Waals surface area contributed by atoms with E-state index in [-0.39, 0.29) is 38.3 Å². The number of benzene rings is 2. The summed E-state index contributed by atoms with van der Waals surface area (Å²) in [4.78, 5) is 13.8. The molecule has 0 saturated carbocycles. The van der Waals surface area contributed by atoms with Crippen molar-refractivity contribution in [3.05, 3.63) is 83.6 Å². The van der Waals surface area contributed by atoms with Gasteiger partial charge in [-0.3, -0.25) is 0 Å². The van der Waals surface area contributed by atoms with Crippen molar-refractivity contribution in [2.75, 3.05) is 19.7 Å². The number of hydrogen-bond donors (Lipinski definition) is 0. The van der Waals surface area contributed by atoms with Gasteiger partial charge in [-0.15, -0.1) is 0 Å². The summed E-state index contributed by atoms with van der Waals surface area (Å²) in [6, 6.07) is 17.8. The van der Waals surface area contributed by atoms with Gasteiger partial charge in [0, 0.05) is 13.1 Å². The Labute approximate surface area is 190 Å². The summed E-state index contributed by atoms with van der Waals surface area (Å²) < 4.78 is 73.2. The third kappa shape index (κ3) is 5.87. The number of halogens is 3. The summed E-state index contributed by atoms with van der Waals surface area (Å²) in [5.41, 5.74) is -5.38. The SMILES string of the molecule is CCOC(=O)N1CC=C(OS(=O)(=O)C(F)(F)F)C(Cc2ccccc2)(Cc2ccccc2)C1. The van der Waals surface area contributed by atoms with Crippen LogP contribution in [0.25, 0.3) is 0 Å². The van der Waals surface area contributed by atoms with Crippen LogP contribution < -0.4 is 0 Å². The highest BCUT2D eigenvalue weighted by Crippen LogP contribution is 2.42. The molecule has 6 nitrogen and oxygen atoms in total. The molecule has 0 saturated heterocycles. The second-order valence-electron chi connectivity index (χ2n) is 7.74. The van der Waals surface area contributed by atoms with Crippen LogP contribution in [-0.2, 0) is 31.9 Å². The number of ether oxygens (including phenoxy) is 1. The molecule has 0 radical (unpaired) electrons. The Morgan fingerprint density at radius 3 is 1.97 bits per heavy atom. The lowest BCUT2D eigenvalue weighted by Crippen LogP contribution is -2.49. The van der Waals surface area contributed by atoms with Gasteiger partial charge in [0.25, 0.3) is 0 Å². The van der Waals surface area contributed by atoms with E-state index in [2.05, 4.69) is 0 Å². The third-order valence-electron chi connectivity index (χ3n) is 5.29. The molecule has 0 spiro atoms. The molecule has 1 aliphatic rings. The van der Waals surface area contributed by atoms with Gasteiger partial charge in [0.1, 0.15) is 5.76 Å². The Morgan fingerprint density at radius 2 is 1.52 bits per heavy atom. The average molecular weight is 484 g/mol. The lowest BCUT2D eigenvalue weighted by Gasteiger charge is -2.42. The lowest BCUT2D eigenvalue weighted by atomic mass is 9.73. The Bertz CT molecular complexity index is 1040. The zero-order valence-electron chi connectivity index (χ0n) is 17.9. The first-order valence-corrected chi connectivity index (χ1v) is 11.7. The van der Waals surface area contributed by atoms with Crippen molar-refractivity contribution in [1.29, 1.82) is 0 Å². The monoisotopic (exact) mass is 483 g/mol. The van der Waals surface area contributed by atoms with Crippen LogP contribution >= 0.6 is 0 Å². The quantitative estimate of drug-likeness (QED) is 0.422. The summed E-state index contributed by atoms with van der Waals surface area (Å²) in [6.07, 6.45) is 0.850. The normalized spacial score (nSPS) is 16.1. The van der Waals surface area contributed by atoms with E-state index in [1.54, 1.807) is 67.6 Å². The summed E-state index contributed by atoms with van der Waals surface area (Å²) in [5.74, 6) is -0.340. The molecule has 0 unspecified atom stereocenters. The zero-order valence-corrected chi connectivity index (χ0v) is 18.7. The van der Waals surface area contributed by atoms with Crippen molar-refractivity contribution in [2.45, 2.75) is 25.3 Å². The fraction of sp³-hybridized carbons (Fsp3) is 0.348. The topological polar surface area (TPSA) is 72.9 Å². The zero-order chi connectivity index (χ0) is 24.1. The second kappa shape index (κ2) is 9.86. The highest BCUT2D eigenvalue weighted by molar-refractivity contribution is 7.87. The van der Waals surface area contributed by atoms with Crippen LogP contribution in [0.5, 0.6) is 0 Å². The van der Waals surface area contributed by atoms with Gasteiger partial charge in [-0.05, 0) is 37.0 Å². The fourth-order valence-corrected chi connectivity index (χ4v) is 4.46. The Morgan fingerprint density at radius 1 is 1.00 bits per heavy atom. The largest absolute Gasteiger partial charge is 0.534 e. The maximum atomic E-state index is 13.2. The first kappa shape index (κ1) is 24.6. The molecule has 10 heteroatoms. The Kier molecular flexibility index (Phi) is 7.36. The smallest absolute Gasteiger partial charge is 0.450 e. The highest BCUT2D eigenvalue weighted by Gasteiger charge is 2.52. The van der Waals surface area contributed by atoms with Gasteiger partial charge in [0.15, 0.2) is 0 Å². The molecule has 2 aromatic rings. The molecule has 0 atom stereocenters. The van der Waals surface area contributed by atoms with E-state index in [0.29, 0.717) is 0 Å². The summed E-state index contributed by atoms with van der Waals surface area (Å²) in [6.45, 7) is 1.53. The number of amides is 1. The predicted molar refractivity (Wildman–Crippen MR) is 115 cm³/mol. The van der Waals surface area contributed by atoms with Crippen LogP contribution in [0.1, 0.15) is 18.1 Å². The predicted octanol–water partition coefficient (Wildman–Crippen LogP) is 4.68. The molecule has 0 N–H and O–H groups in total. The minimum Gasteiger partial charge on any atom is -0.450 e. The summed E-state index contributed by atoms with van der Waals surface area (Å²) >= 11 is 0. The fourth-order valence-electron chi connectivity index (χ4n) is 3.88. The van der Waals surface area contributed by atoms with Crippen LogP contribution in [0.15, 0.2) is 72.5 Å². The van der Waals surface area contributed by atoms with E-state index in [1.165, 1.54) is 11.0 Å². The van der Waals surface area contributed by atoms with Crippen molar-refractivity contribution in [3.8, 4) is 0 Å². The molecular weight excluding hydrogens is 459 g/mol. The molecule has 1 aliphatic heterocycles. The van der Waals surface area contributed by atoms with Crippen molar-refractivity contribution in [2.24, 2.45) is 5.41 Å². The molecule has 0 aliphatic carbocycles. The molecule has 3 rings (SSSR count). The van der Waals surface area contributed by atoms with Gasteiger partial charge in [-0.1, -0.05) is 60.7 Å². The molecule has 178 valence electrons. The molecule has 33 heavy (non-hydrogen) atoms. The average Bonchev–Trinajstić information content (AvgIpc) is 2.76. The second-order valence-corrected chi connectivity index (χ2v) is 9.27. The van der Waals surface area contributed by atoms with Crippen molar-refractivity contribution >= 4 is 16.2 Å². The number of rotatable bonds is 7. The van der Waals surface area contributed by atoms with Crippen molar-refractivity contribution in [3.63, 3.8) is 0 Å². The molecule has 0 aromatic heterocycles. The van der Waals surface area contributed by atoms with Gasteiger partial charge in [0.05, 0.1) is 12.0 Å². The molecule has 0 bridgehead atoms. The van der Waals surface area contributed by atoms with Gasteiger partial charge in [-0.2, -0.15) is 21.6 Å². The maximum absolute atomic E-state index is 13.2. The summed E-state index contributed by atoms with van der Waals surface area (Å²) in [5, 5.41) is 0. The Hall–Kier alpha value is -3.01.